The maximum atomic E-state index is 12.4. The number of sulfonamides is 2. The van der Waals surface area contributed by atoms with Crippen LogP contribution in [-0.2, 0) is 20.0 Å². The van der Waals surface area contributed by atoms with Crippen LogP contribution in [0.5, 0.6) is 0 Å². The number of nitrogens with one attached hydrogen (secondary N) is 1. The van der Waals surface area contributed by atoms with Gasteiger partial charge in [0.2, 0.25) is 20.0 Å². The maximum Gasteiger partial charge on any atom is 0.243 e. The third-order valence-electron chi connectivity index (χ3n) is 3.29. The Balaban J connectivity index is 2.06. The smallest absolute Gasteiger partial charge is 0.213 e. The molecular weight excluding hydrogens is 336 g/mol. The topological polar surface area (TPSA) is 83.6 Å². The fourth-order valence-electron chi connectivity index (χ4n) is 2.27. The Labute approximate surface area is 130 Å². The van der Waals surface area contributed by atoms with Crippen molar-refractivity contribution in [3.05, 3.63) is 29.3 Å². The number of nitrogens with zero attached hydrogens (tertiary/aromatic N) is 1. The highest BCUT2D eigenvalue weighted by molar-refractivity contribution is 7.89. The molecule has 0 bridgehead atoms. The molecule has 0 atom stereocenters. The second-order valence-electron chi connectivity index (χ2n) is 5.02. The van der Waals surface area contributed by atoms with Gasteiger partial charge in [-0.25, -0.2) is 21.6 Å². The van der Waals surface area contributed by atoms with Gasteiger partial charge in [0.05, 0.1) is 11.2 Å². The van der Waals surface area contributed by atoms with Crippen LogP contribution in [0.25, 0.3) is 0 Å². The molecule has 1 heterocycles. The largest absolute Gasteiger partial charge is 0.243 e. The van der Waals surface area contributed by atoms with E-state index in [1.165, 1.54) is 28.6 Å². The lowest BCUT2D eigenvalue weighted by atomic mass is 10.1. The van der Waals surface area contributed by atoms with Gasteiger partial charge in [-0.1, -0.05) is 11.6 Å². The molecule has 6 nitrogen and oxygen atoms in total. The maximum absolute atomic E-state index is 12.4. The number of hydrogen-bond donors (Lipinski definition) is 1. The first-order valence-corrected chi connectivity index (χ1v) is 10.1. The molecule has 0 radical (unpaired) electrons. The van der Waals surface area contributed by atoms with E-state index in [1.54, 1.807) is 0 Å². The number of benzene rings is 1. The van der Waals surface area contributed by atoms with Crippen LogP contribution in [0.2, 0.25) is 5.02 Å². The van der Waals surface area contributed by atoms with Gasteiger partial charge in [0.15, 0.2) is 0 Å². The number of halogens is 1. The van der Waals surface area contributed by atoms with E-state index in [9.17, 15) is 16.8 Å². The Kier molecular flexibility index (Phi) is 4.94. The summed E-state index contributed by atoms with van der Waals surface area (Å²) < 4.78 is 51.1. The lowest BCUT2D eigenvalue weighted by molar-refractivity contribution is 0.309. The highest BCUT2D eigenvalue weighted by Crippen LogP contribution is 2.22. The normalized spacial score (nSPS) is 18.8. The molecule has 0 spiro atoms. The van der Waals surface area contributed by atoms with E-state index in [0.717, 1.165) is 6.26 Å². The molecular formula is C12H17ClN2O4S2. The van der Waals surface area contributed by atoms with Crippen molar-refractivity contribution in [1.82, 2.24) is 9.03 Å². The van der Waals surface area contributed by atoms with Gasteiger partial charge in [-0.05, 0) is 37.1 Å². The van der Waals surface area contributed by atoms with Gasteiger partial charge in [-0.3, -0.25) is 0 Å². The molecule has 1 aromatic rings. The van der Waals surface area contributed by atoms with E-state index in [2.05, 4.69) is 4.72 Å². The van der Waals surface area contributed by atoms with Crippen LogP contribution >= 0.6 is 11.6 Å². The van der Waals surface area contributed by atoms with Crippen molar-refractivity contribution in [1.29, 1.82) is 0 Å². The van der Waals surface area contributed by atoms with Gasteiger partial charge >= 0.3 is 0 Å². The molecule has 0 aromatic heterocycles. The third kappa shape index (κ3) is 4.40. The summed E-state index contributed by atoms with van der Waals surface area (Å²) in [6.45, 7) is 0.580. The molecule has 1 N–H and O–H groups in total. The van der Waals surface area contributed by atoms with E-state index in [1.807, 2.05) is 0 Å². The third-order valence-corrected chi connectivity index (χ3v) is 6.21. The fourth-order valence-corrected chi connectivity index (χ4v) is 4.71. The summed E-state index contributed by atoms with van der Waals surface area (Å²) in [7, 11) is -6.81. The Morgan fingerprint density at radius 2 is 1.62 bits per heavy atom. The molecule has 1 aromatic carbocycles. The predicted molar refractivity (Wildman–Crippen MR) is 81.2 cm³/mol. The summed E-state index contributed by atoms with van der Waals surface area (Å²) >= 11 is 5.75. The van der Waals surface area contributed by atoms with Crippen molar-refractivity contribution in [3.8, 4) is 0 Å². The van der Waals surface area contributed by atoms with E-state index in [0.29, 0.717) is 17.9 Å². The zero-order valence-corrected chi connectivity index (χ0v) is 13.9. The molecule has 1 aliphatic rings. The Bertz CT molecular complexity index is 693. The summed E-state index contributed by atoms with van der Waals surface area (Å²) in [5.74, 6) is 0. The summed E-state index contributed by atoms with van der Waals surface area (Å²) in [6.07, 6.45) is 2.02. The molecule has 0 aliphatic carbocycles. The van der Waals surface area contributed by atoms with Gasteiger partial charge in [-0.15, -0.1) is 0 Å². The zero-order valence-electron chi connectivity index (χ0n) is 11.5. The fraction of sp³-hybridized carbons (Fsp3) is 0.500. The van der Waals surface area contributed by atoms with Gasteiger partial charge < -0.3 is 0 Å². The van der Waals surface area contributed by atoms with Gasteiger partial charge in [0.1, 0.15) is 0 Å². The van der Waals surface area contributed by atoms with Crippen molar-refractivity contribution in [2.24, 2.45) is 0 Å². The average molecular weight is 353 g/mol. The average Bonchev–Trinajstić information content (AvgIpc) is 2.38. The van der Waals surface area contributed by atoms with Crippen LogP contribution in [0, 0.1) is 0 Å². The van der Waals surface area contributed by atoms with E-state index >= 15 is 0 Å². The monoisotopic (exact) mass is 352 g/mol. The summed E-state index contributed by atoms with van der Waals surface area (Å²) in [5.41, 5.74) is 0. The Morgan fingerprint density at radius 3 is 2.10 bits per heavy atom. The SMILES string of the molecule is CS(=O)(=O)NC1CCN(S(=O)(=O)c2ccc(Cl)cc2)CC1. The quantitative estimate of drug-likeness (QED) is 0.877. The van der Waals surface area contributed by atoms with Gasteiger partial charge in [0, 0.05) is 24.2 Å². The highest BCUT2D eigenvalue weighted by atomic mass is 35.5. The molecule has 1 saturated heterocycles. The first-order valence-electron chi connectivity index (χ1n) is 6.41. The summed E-state index contributed by atoms with van der Waals surface area (Å²) in [6, 6.07) is 5.80. The Hall–Kier alpha value is -0.670. The molecule has 21 heavy (non-hydrogen) atoms. The second kappa shape index (κ2) is 6.21. The molecule has 0 unspecified atom stereocenters. The zero-order chi connectivity index (χ0) is 15.7. The van der Waals surface area contributed by atoms with E-state index in [-0.39, 0.29) is 24.0 Å². The number of hydrogen-bond acceptors (Lipinski definition) is 4. The lowest BCUT2D eigenvalue weighted by Gasteiger charge is -2.31. The number of rotatable bonds is 4. The second-order valence-corrected chi connectivity index (χ2v) is 9.18. The lowest BCUT2D eigenvalue weighted by Crippen LogP contribution is -2.46. The molecule has 2 rings (SSSR count). The van der Waals surface area contributed by atoms with Crippen molar-refractivity contribution < 1.29 is 16.8 Å². The molecule has 1 fully saturated rings. The molecule has 118 valence electrons. The predicted octanol–water partition coefficient (Wildman–Crippen LogP) is 1.04. The van der Waals surface area contributed by atoms with Crippen LogP contribution in [0.3, 0.4) is 0 Å². The van der Waals surface area contributed by atoms with E-state index < -0.39 is 20.0 Å². The highest BCUT2D eigenvalue weighted by Gasteiger charge is 2.30. The van der Waals surface area contributed by atoms with Crippen LogP contribution in [-0.4, -0.2) is 46.5 Å². The molecule has 1 aliphatic heterocycles. The molecule has 9 heteroatoms. The Morgan fingerprint density at radius 1 is 1.10 bits per heavy atom. The van der Waals surface area contributed by atoms with Gasteiger partial charge in [-0.2, -0.15) is 4.31 Å². The van der Waals surface area contributed by atoms with Crippen molar-refractivity contribution in [2.45, 2.75) is 23.8 Å². The first-order chi connectivity index (χ1) is 9.68. The van der Waals surface area contributed by atoms with Crippen molar-refractivity contribution >= 4 is 31.6 Å². The minimum Gasteiger partial charge on any atom is -0.213 e. The molecule has 0 saturated carbocycles. The standard InChI is InChI=1S/C12H17ClN2O4S2/c1-20(16,17)14-11-6-8-15(9-7-11)21(18,19)12-4-2-10(13)3-5-12/h2-5,11,14H,6-9H2,1H3. The molecule has 0 amide bonds. The van der Waals surface area contributed by atoms with E-state index in [4.69, 9.17) is 11.6 Å². The number of piperidine rings is 1. The van der Waals surface area contributed by atoms with Crippen LogP contribution < -0.4 is 4.72 Å². The van der Waals surface area contributed by atoms with Gasteiger partial charge in [0.25, 0.3) is 0 Å². The van der Waals surface area contributed by atoms with Crippen molar-refractivity contribution in [2.75, 3.05) is 19.3 Å². The minimum atomic E-state index is -3.55. The first kappa shape index (κ1) is 16.7. The minimum absolute atomic E-state index is 0.196. The van der Waals surface area contributed by atoms with Crippen LogP contribution in [0.15, 0.2) is 29.2 Å². The van der Waals surface area contributed by atoms with Crippen LogP contribution in [0.1, 0.15) is 12.8 Å². The summed E-state index contributed by atoms with van der Waals surface area (Å²) in [4.78, 5) is 0.196. The van der Waals surface area contributed by atoms with Crippen molar-refractivity contribution in [3.63, 3.8) is 0 Å². The summed E-state index contributed by atoms with van der Waals surface area (Å²) in [5, 5.41) is 0.477. The van der Waals surface area contributed by atoms with Crippen LogP contribution in [0.4, 0.5) is 0 Å².